The lowest BCUT2D eigenvalue weighted by Gasteiger charge is -2.05. The van der Waals surface area contributed by atoms with Crippen LogP contribution in [-0.4, -0.2) is 17.4 Å². The third kappa shape index (κ3) is 2.72. The van der Waals surface area contributed by atoms with E-state index in [9.17, 15) is 10.0 Å². The van der Waals surface area contributed by atoms with Crippen LogP contribution in [0.25, 0.3) is 10.9 Å². The maximum absolute atomic E-state index is 11.9. The number of rotatable bonds is 4. The molecule has 2 aromatic heterocycles. The summed E-state index contributed by atoms with van der Waals surface area (Å²) < 4.78 is 0.570. The molecule has 2 N–H and O–H groups in total. The van der Waals surface area contributed by atoms with Crippen LogP contribution in [0.3, 0.4) is 0 Å². The molecular formula is C16H15N3O2. The molecule has 0 saturated heterocycles. The largest absolute Gasteiger partial charge is 0.618 e. The van der Waals surface area contributed by atoms with Gasteiger partial charge in [0.2, 0.25) is 0 Å². The van der Waals surface area contributed by atoms with E-state index in [-0.39, 0.29) is 11.6 Å². The predicted octanol–water partition coefficient (Wildman–Crippen LogP) is 1.77. The zero-order valence-electron chi connectivity index (χ0n) is 11.4. The van der Waals surface area contributed by atoms with Gasteiger partial charge in [-0.3, -0.25) is 4.79 Å². The number of hydrogen-bond donors (Lipinski definition) is 2. The van der Waals surface area contributed by atoms with E-state index in [0.717, 1.165) is 16.5 Å². The summed E-state index contributed by atoms with van der Waals surface area (Å²) in [5.74, 6) is -0.356. The number of pyridine rings is 1. The molecule has 21 heavy (non-hydrogen) atoms. The van der Waals surface area contributed by atoms with Crippen molar-refractivity contribution in [1.82, 2.24) is 10.3 Å². The first-order valence-electron chi connectivity index (χ1n) is 6.77. The Morgan fingerprint density at radius 2 is 2.00 bits per heavy atom. The quantitative estimate of drug-likeness (QED) is 0.565. The molecule has 3 rings (SSSR count). The number of para-hydroxylation sites is 1. The van der Waals surface area contributed by atoms with Crippen LogP contribution in [0.5, 0.6) is 0 Å². The van der Waals surface area contributed by atoms with E-state index >= 15 is 0 Å². The van der Waals surface area contributed by atoms with Crippen molar-refractivity contribution >= 4 is 16.8 Å². The van der Waals surface area contributed by atoms with Crippen molar-refractivity contribution in [2.45, 2.75) is 6.42 Å². The standard InChI is InChI=1S/C16H15N3O2/c20-16(15-7-3-4-10-19(15)21)17-9-8-12-11-18-14-6-2-1-5-13(12)14/h1-7,10-11,18H,8-9H2,(H,17,20). The Balaban J connectivity index is 1.64. The van der Waals surface area contributed by atoms with Crippen molar-refractivity contribution in [3.63, 3.8) is 0 Å². The Bertz CT molecular complexity index is 780. The van der Waals surface area contributed by atoms with Crippen LogP contribution in [-0.2, 0) is 6.42 Å². The summed E-state index contributed by atoms with van der Waals surface area (Å²) >= 11 is 0. The number of nitrogens with zero attached hydrogens (tertiary/aromatic N) is 1. The first-order valence-corrected chi connectivity index (χ1v) is 6.77. The van der Waals surface area contributed by atoms with E-state index in [1.165, 1.54) is 12.3 Å². The van der Waals surface area contributed by atoms with E-state index in [1.54, 1.807) is 12.1 Å². The third-order valence-corrected chi connectivity index (χ3v) is 3.41. The predicted molar refractivity (Wildman–Crippen MR) is 79.7 cm³/mol. The van der Waals surface area contributed by atoms with Crippen LogP contribution in [0.4, 0.5) is 0 Å². The lowest BCUT2D eigenvalue weighted by atomic mass is 10.1. The summed E-state index contributed by atoms with van der Waals surface area (Å²) in [5, 5.41) is 15.4. The zero-order chi connectivity index (χ0) is 14.7. The van der Waals surface area contributed by atoms with E-state index in [0.29, 0.717) is 17.7 Å². The fraction of sp³-hybridized carbons (Fsp3) is 0.125. The molecule has 1 amide bonds. The number of carbonyl (C=O) groups excluding carboxylic acids is 1. The minimum atomic E-state index is -0.356. The molecule has 0 fully saturated rings. The third-order valence-electron chi connectivity index (χ3n) is 3.41. The summed E-state index contributed by atoms with van der Waals surface area (Å²) in [6.45, 7) is 0.482. The average molecular weight is 281 g/mol. The molecule has 3 aromatic rings. The van der Waals surface area contributed by atoms with Gasteiger partial charge in [0, 0.05) is 35.8 Å². The summed E-state index contributed by atoms with van der Waals surface area (Å²) in [5.41, 5.74) is 2.34. The van der Waals surface area contributed by atoms with Gasteiger partial charge in [0.1, 0.15) is 0 Å². The molecule has 0 aliphatic rings. The average Bonchev–Trinajstić information content (AvgIpc) is 2.91. The second-order valence-corrected chi connectivity index (χ2v) is 4.78. The van der Waals surface area contributed by atoms with Gasteiger partial charge in [-0.25, -0.2) is 0 Å². The summed E-state index contributed by atoms with van der Waals surface area (Å²) in [6.07, 6.45) is 3.98. The van der Waals surface area contributed by atoms with Crippen LogP contribution in [0.1, 0.15) is 16.1 Å². The molecule has 0 saturated carbocycles. The Hall–Kier alpha value is -2.82. The molecule has 0 bridgehead atoms. The molecular weight excluding hydrogens is 266 g/mol. The SMILES string of the molecule is O=C(NCCc1c[nH]c2ccccc12)c1cccc[n+]1[O-]. The van der Waals surface area contributed by atoms with E-state index in [4.69, 9.17) is 0 Å². The van der Waals surface area contributed by atoms with Gasteiger partial charge in [0.15, 0.2) is 6.20 Å². The second-order valence-electron chi connectivity index (χ2n) is 4.78. The molecule has 0 unspecified atom stereocenters. The smallest absolute Gasteiger partial charge is 0.317 e. The van der Waals surface area contributed by atoms with E-state index in [2.05, 4.69) is 10.3 Å². The number of H-pyrrole nitrogens is 1. The molecule has 2 heterocycles. The maximum Gasteiger partial charge on any atom is 0.317 e. The number of amides is 1. The first-order chi connectivity index (χ1) is 10.3. The normalized spacial score (nSPS) is 10.7. The van der Waals surface area contributed by atoms with Gasteiger partial charge in [-0.05, 0) is 24.1 Å². The molecule has 0 radical (unpaired) electrons. The summed E-state index contributed by atoms with van der Waals surface area (Å²) in [7, 11) is 0. The van der Waals surface area contributed by atoms with Gasteiger partial charge in [0.25, 0.3) is 5.69 Å². The van der Waals surface area contributed by atoms with Crippen molar-refractivity contribution < 1.29 is 9.52 Å². The lowest BCUT2D eigenvalue weighted by Crippen LogP contribution is -2.39. The molecule has 5 heteroatoms. The summed E-state index contributed by atoms with van der Waals surface area (Å²) in [4.78, 5) is 15.1. The number of aromatic nitrogens is 2. The number of hydrogen-bond acceptors (Lipinski definition) is 2. The molecule has 1 aromatic carbocycles. The molecule has 0 atom stereocenters. The van der Waals surface area contributed by atoms with Crippen molar-refractivity contribution in [1.29, 1.82) is 0 Å². The number of benzene rings is 1. The number of fused-ring (bicyclic) bond motifs is 1. The van der Waals surface area contributed by atoms with Gasteiger partial charge in [-0.15, -0.1) is 0 Å². The monoisotopic (exact) mass is 281 g/mol. The van der Waals surface area contributed by atoms with E-state index in [1.807, 2.05) is 30.5 Å². The van der Waals surface area contributed by atoms with Gasteiger partial charge in [0.05, 0.1) is 0 Å². The Labute approximate surface area is 121 Å². The minimum absolute atomic E-state index is 0.108. The van der Waals surface area contributed by atoms with Crippen LogP contribution in [0, 0.1) is 5.21 Å². The van der Waals surface area contributed by atoms with Gasteiger partial charge in [-0.2, -0.15) is 4.73 Å². The van der Waals surface area contributed by atoms with Gasteiger partial charge < -0.3 is 15.5 Å². The highest BCUT2D eigenvalue weighted by atomic mass is 16.5. The molecule has 0 aliphatic carbocycles. The Morgan fingerprint density at radius 1 is 1.19 bits per heavy atom. The molecule has 106 valence electrons. The fourth-order valence-electron chi connectivity index (χ4n) is 2.34. The Kier molecular flexibility index (Phi) is 3.55. The number of nitrogens with one attached hydrogen (secondary N) is 2. The Morgan fingerprint density at radius 3 is 2.86 bits per heavy atom. The topological polar surface area (TPSA) is 71.8 Å². The zero-order valence-corrected chi connectivity index (χ0v) is 11.4. The number of aromatic amines is 1. The molecule has 0 aliphatic heterocycles. The van der Waals surface area contributed by atoms with Crippen LogP contribution in [0.15, 0.2) is 54.9 Å². The highest BCUT2D eigenvalue weighted by molar-refractivity contribution is 5.90. The number of carbonyl (C=O) groups is 1. The molecule has 5 nitrogen and oxygen atoms in total. The maximum atomic E-state index is 11.9. The lowest BCUT2D eigenvalue weighted by molar-refractivity contribution is -0.607. The van der Waals surface area contributed by atoms with Crippen LogP contribution in [0.2, 0.25) is 0 Å². The van der Waals surface area contributed by atoms with Gasteiger partial charge >= 0.3 is 5.91 Å². The first kappa shape index (κ1) is 13.2. The van der Waals surface area contributed by atoms with Crippen LogP contribution >= 0.6 is 0 Å². The van der Waals surface area contributed by atoms with Crippen LogP contribution < -0.4 is 10.0 Å². The minimum Gasteiger partial charge on any atom is -0.618 e. The fourth-order valence-corrected chi connectivity index (χ4v) is 2.34. The highest BCUT2D eigenvalue weighted by Crippen LogP contribution is 2.17. The highest BCUT2D eigenvalue weighted by Gasteiger charge is 2.14. The van der Waals surface area contributed by atoms with Crippen molar-refractivity contribution in [2.75, 3.05) is 6.54 Å². The second kappa shape index (κ2) is 5.66. The molecule has 0 spiro atoms. The van der Waals surface area contributed by atoms with Crippen molar-refractivity contribution in [3.05, 3.63) is 71.3 Å². The van der Waals surface area contributed by atoms with E-state index < -0.39 is 0 Å². The van der Waals surface area contributed by atoms with Crippen molar-refractivity contribution in [3.8, 4) is 0 Å². The van der Waals surface area contributed by atoms with Gasteiger partial charge in [-0.1, -0.05) is 18.2 Å². The summed E-state index contributed by atoms with van der Waals surface area (Å²) in [6, 6.07) is 12.8. The van der Waals surface area contributed by atoms with Crippen molar-refractivity contribution in [2.24, 2.45) is 0 Å².